The molecule has 0 radical (unpaired) electrons. The second-order valence-corrected chi connectivity index (χ2v) is 6.04. The van der Waals surface area contributed by atoms with E-state index in [1.54, 1.807) is 6.20 Å². The van der Waals surface area contributed by atoms with Gasteiger partial charge in [0.15, 0.2) is 0 Å². The van der Waals surface area contributed by atoms with Crippen molar-refractivity contribution >= 4 is 27.6 Å². The van der Waals surface area contributed by atoms with E-state index in [1.165, 1.54) is 38.2 Å². The third-order valence-corrected chi connectivity index (χ3v) is 4.56. The lowest BCUT2D eigenvalue weighted by Gasteiger charge is -2.12. The first kappa shape index (κ1) is 14.5. The van der Waals surface area contributed by atoms with Gasteiger partial charge in [0.1, 0.15) is 0 Å². The van der Waals surface area contributed by atoms with Gasteiger partial charge < -0.3 is 5.73 Å². The summed E-state index contributed by atoms with van der Waals surface area (Å²) < 4.78 is 0. The molecule has 4 aromatic carbocycles. The summed E-state index contributed by atoms with van der Waals surface area (Å²) in [5.41, 5.74) is 9.57. The highest BCUT2D eigenvalue weighted by Crippen LogP contribution is 2.31. The molecule has 1 heteroatoms. The summed E-state index contributed by atoms with van der Waals surface area (Å²) in [6.07, 6.45) is 4.57. The topological polar surface area (TPSA) is 26.0 Å². The van der Waals surface area contributed by atoms with Crippen molar-refractivity contribution in [1.82, 2.24) is 0 Å². The van der Waals surface area contributed by atoms with Crippen LogP contribution < -0.4 is 5.73 Å². The Bertz CT molecular complexity index is 1030. The van der Waals surface area contributed by atoms with Gasteiger partial charge in [0, 0.05) is 0 Å². The maximum atomic E-state index is 5.75. The molecule has 1 nitrogen and oxygen atoms in total. The van der Waals surface area contributed by atoms with Crippen LogP contribution >= 0.6 is 0 Å². The average Bonchev–Trinajstić information content (AvgIpc) is 2.64. The van der Waals surface area contributed by atoms with E-state index in [-0.39, 0.29) is 0 Å². The van der Waals surface area contributed by atoms with Crippen LogP contribution in [0.2, 0.25) is 0 Å². The van der Waals surface area contributed by atoms with Gasteiger partial charge in [-0.05, 0) is 56.9 Å². The van der Waals surface area contributed by atoms with Crippen LogP contribution in [-0.2, 0) is 6.42 Å². The molecule has 4 rings (SSSR count). The van der Waals surface area contributed by atoms with E-state index in [0.717, 1.165) is 6.42 Å². The van der Waals surface area contributed by atoms with E-state index >= 15 is 0 Å². The summed E-state index contributed by atoms with van der Waals surface area (Å²) in [5.74, 6) is 0. The maximum Gasteiger partial charge on any atom is -0.00196 e. The quantitative estimate of drug-likeness (QED) is 0.496. The van der Waals surface area contributed by atoms with Gasteiger partial charge in [0.2, 0.25) is 0 Å². The molecule has 0 unspecified atom stereocenters. The van der Waals surface area contributed by atoms with Gasteiger partial charge in [0.05, 0.1) is 0 Å². The molecule has 0 aromatic heterocycles. The molecule has 0 aliphatic rings. The molecule has 2 N–H and O–H groups in total. The van der Waals surface area contributed by atoms with Gasteiger partial charge in [-0.15, -0.1) is 0 Å². The molecule has 0 amide bonds. The average molecular weight is 309 g/mol. The number of hydrogen-bond acceptors (Lipinski definition) is 1. The summed E-state index contributed by atoms with van der Waals surface area (Å²) in [6.45, 7) is 0. The van der Waals surface area contributed by atoms with E-state index < -0.39 is 0 Å². The Morgan fingerprint density at radius 2 is 1.42 bits per heavy atom. The smallest absolute Gasteiger partial charge is 0.00196 e. The van der Waals surface area contributed by atoms with Crippen LogP contribution in [0.4, 0.5) is 0 Å². The van der Waals surface area contributed by atoms with Crippen molar-refractivity contribution in [3.63, 3.8) is 0 Å². The predicted molar refractivity (Wildman–Crippen MR) is 104 cm³/mol. The predicted octanol–water partition coefficient (Wildman–Crippen LogP) is 5.51. The monoisotopic (exact) mass is 309 g/mol. The molecular weight excluding hydrogens is 290 g/mol. The van der Waals surface area contributed by atoms with Gasteiger partial charge in [-0.1, -0.05) is 78.9 Å². The number of rotatable bonds is 3. The second-order valence-electron chi connectivity index (χ2n) is 6.04. The van der Waals surface area contributed by atoms with Crippen molar-refractivity contribution in [3.8, 4) is 0 Å². The summed E-state index contributed by atoms with van der Waals surface area (Å²) >= 11 is 0. The Balaban J connectivity index is 1.95. The van der Waals surface area contributed by atoms with Gasteiger partial charge >= 0.3 is 0 Å². The van der Waals surface area contributed by atoms with E-state index in [1.807, 2.05) is 6.08 Å². The minimum atomic E-state index is 0.906. The lowest BCUT2D eigenvalue weighted by Crippen LogP contribution is -1.94. The Hall–Kier alpha value is -3.06. The highest BCUT2D eigenvalue weighted by atomic mass is 14.5. The molecule has 4 aromatic rings. The molecule has 0 saturated heterocycles. The van der Waals surface area contributed by atoms with Crippen molar-refractivity contribution in [2.24, 2.45) is 5.73 Å². The molecule has 0 fully saturated rings. The van der Waals surface area contributed by atoms with Crippen molar-refractivity contribution < 1.29 is 0 Å². The zero-order valence-corrected chi connectivity index (χ0v) is 13.4. The van der Waals surface area contributed by atoms with Crippen LogP contribution in [-0.4, -0.2) is 0 Å². The molecule has 0 aliphatic heterocycles. The summed E-state index contributed by atoms with van der Waals surface area (Å²) in [7, 11) is 0. The van der Waals surface area contributed by atoms with Crippen LogP contribution in [0.3, 0.4) is 0 Å². The maximum absolute atomic E-state index is 5.75. The van der Waals surface area contributed by atoms with Crippen LogP contribution in [0.5, 0.6) is 0 Å². The van der Waals surface area contributed by atoms with Gasteiger partial charge in [-0.25, -0.2) is 0 Å². The summed E-state index contributed by atoms with van der Waals surface area (Å²) in [5, 5.41) is 5.08. The summed E-state index contributed by atoms with van der Waals surface area (Å²) in [6, 6.07) is 28.0. The minimum Gasteiger partial charge on any atom is -0.405 e. The lowest BCUT2D eigenvalue weighted by atomic mass is 9.92. The molecular formula is C23H19N. The van der Waals surface area contributed by atoms with Crippen LogP contribution in [0.1, 0.15) is 16.7 Å². The highest BCUT2D eigenvalue weighted by Gasteiger charge is 2.08. The third kappa shape index (κ3) is 2.55. The minimum absolute atomic E-state index is 0.906. The molecule has 0 spiro atoms. The zero-order valence-electron chi connectivity index (χ0n) is 13.4. The van der Waals surface area contributed by atoms with E-state index in [4.69, 9.17) is 5.73 Å². The first-order valence-electron chi connectivity index (χ1n) is 8.22. The number of nitrogens with two attached hydrogens (primary N) is 1. The summed E-state index contributed by atoms with van der Waals surface area (Å²) in [4.78, 5) is 0. The van der Waals surface area contributed by atoms with Crippen LogP contribution in [0, 0.1) is 0 Å². The van der Waals surface area contributed by atoms with Crippen molar-refractivity contribution in [1.29, 1.82) is 0 Å². The molecule has 116 valence electrons. The van der Waals surface area contributed by atoms with Crippen molar-refractivity contribution in [3.05, 3.63) is 102 Å². The van der Waals surface area contributed by atoms with Crippen molar-refractivity contribution in [2.45, 2.75) is 6.42 Å². The van der Waals surface area contributed by atoms with Crippen molar-refractivity contribution in [2.75, 3.05) is 0 Å². The molecule has 0 bridgehead atoms. The zero-order chi connectivity index (χ0) is 16.4. The molecule has 0 aliphatic carbocycles. The molecule has 0 heterocycles. The first-order valence-corrected chi connectivity index (χ1v) is 8.22. The number of benzene rings is 4. The van der Waals surface area contributed by atoms with Gasteiger partial charge in [0.25, 0.3) is 0 Å². The van der Waals surface area contributed by atoms with E-state index in [0.29, 0.717) is 0 Å². The van der Waals surface area contributed by atoms with E-state index in [9.17, 15) is 0 Å². The fourth-order valence-corrected chi connectivity index (χ4v) is 3.42. The third-order valence-electron chi connectivity index (χ3n) is 4.56. The lowest BCUT2D eigenvalue weighted by molar-refractivity contribution is 1.19. The largest absolute Gasteiger partial charge is 0.405 e. The standard InChI is InChI=1S/C23H19N/c24-15-14-21-19(16-17-6-2-1-3-7-17)11-13-22-20-9-5-4-8-18(20)10-12-23(21)22/h1-15H,16,24H2/b15-14-. The fraction of sp³-hybridized carbons (Fsp3) is 0.0435. The number of fused-ring (bicyclic) bond motifs is 3. The van der Waals surface area contributed by atoms with Crippen LogP contribution in [0.15, 0.2) is 85.1 Å². The Kier molecular flexibility index (Phi) is 3.76. The first-order chi connectivity index (χ1) is 11.9. The Labute approximate surface area is 142 Å². The molecule has 24 heavy (non-hydrogen) atoms. The number of hydrogen-bond donors (Lipinski definition) is 1. The molecule has 0 saturated carbocycles. The highest BCUT2D eigenvalue weighted by molar-refractivity contribution is 6.10. The fourth-order valence-electron chi connectivity index (χ4n) is 3.42. The SMILES string of the molecule is N/C=C\c1c(Cc2ccccc2)ccc2c1ccc1ccccc12. The second kappa shape index (κ2) is 6.21. The normalized spacial score (nSPS) is 11.5. The molecule has 0 atom stereocenters. The van der Waals surface area contributed by atoms with E-state index in [2.05, 4.69) is 78.9 Å². The van der Waals surface area contributed by atoms with Gasteiger partial charge in [-0.2, -0.15) is 0 Å². The Morgan fingerprint density at radius 1 is 0.667 bits per heavy atom. The Morgan fingerprint density at radius 3 is 2.25 bits per heavy atom. The van der Waals surface area contributed by atoms with Crippen LogP contribution in [0.25, 0.3) is 27.6 Å². The van der Waals surface area contributed by atoms with Gasteiger partial charge in [-0.3, -0.25) is 0 Å².